The summed E-state index contributed by atoms with van der Waals surface area (Å²) < 4.78 is 1.85. The zero-order valence-corrected chi connectivity index (χ0v) is 15.8. The number of aliphatic hydroxyl groups is 1. The molecule has 1 aromatic carbocycles. The molecule has 0 radical (unpaired) electrons. The number of hydrogen-bond acceptors (Lipinski definition) is 5. The second-order valence-corrected chi connectivity index (χ2v) is 7.12. The SMILES string of the molecule is Cn1ccnc1[C@H](O)C1CCN(C(=O)c2cccc(-c3ncccn3)c2)CC1. The van der Waals surface area contributed by atoms with Crippen LogP contribution in [-0.2, 0) is 7.05 Å². The van der Waals surface area contributed by atoms with Crippen molar-refractivity contribution >= 4 is 5.91 Å². The molecule has 0 saturated carbocycles. The van der Waals surface area contributed by atoms with Crippen LogP contribution in [0.5, 0.6) is 0 Å². The molecule has 1 aliphatic rings. The predicted molar refractivity (Wildman–Crippen MR) is 104 cm³/mol. The van der Waals surface area contributed by atoms with Crippen LogP contribution in [-0.4, -0.2) is 48.5 Å². The van der Waals surface area contributed by atoms with E-state index in [1.54, 1.807) is 24.7 Å². The van der Waals surface area contributed by atoms with Gasteiger partial charge in [0.2, 0.25) is 0 Å². The van der Waals surface area contributed by atoms with E-state index in [1.807, 2.05) is 47.0 Å². The molecule has 7 nitrogen and oxygen atoms in total. The van der Waals surface area contributed by atoms with Crippen LogP contribution in [0.15, 0.2) is 55.1 Å². The number of nitrogens with zero attached hydrogens (tertiary/aromatic N) is 5. The van der Waals surface area contributed by atoms with Crippen LogP contribution in [0.2, 0.25) is 0 Å². The number of piperidine rings is 1. The van der Waals surface area contributed by atoms with Gasteiger partial charge in [0.15, 0.2) is 5.82 Å². The van der Waals surface area contributed by atoms with E-state index in [0.29, 0.717) is 30.3 Å². The lowest BCUT2D eigenvalue weighted by atomic mass is 9.90. The molecule has 0 aliphatic carbocycles. The second-order valence-electron chi connectivity index (χ2n) is 7.12. The van der Waals surface area contributed by atoms with Gasteiger partial charge in [0.25, 0.3) is 5.91 Å². The fraction of sp³-hybridized carbons (Fsp3) is 0.333. The number of rotatable bonds is 4. The molecule has 1 saturated heterocycles. The summed E-state index contributed by atoms with van der Waals surface area (Å²) in [5.74, 6) is 1.39. The molecular formula is C21H23N5O2. The van der Waals surface area contributed by atoms with E-state index in [-0.39, 0.29) is 11.8 Å². The predicted octanol–water partition coefficient (Wildman–Crippen LogP) is 2.46. The van der Waals surface area contributed by atoms with Gasteiger partial charge in [-0.3, -0.25) is 4.79 Å². The lowest BCUT2D eigenvalue weighted by Crippen LogP contribution is -2.40. The van der Waals surface area contributed by atoms with Gasteiger partial charge in [-0.25, -0.2) is 15.0 Å². The first-order chi connectivity index (χ1) is 13.6. The minimum Gasteiger partial charge on any atom is -0.385 e. The van der Waals surface area contributed by atoms with Gasteiger partial charge in [0.1, 0.15) is 11.9 Å². The van der Waals surface area contributed by atoms with Crippen molar-refractivity contribution in [2.24, 2.45) is 13.0 Å². The van der Waals surface area contributed by atoms with Crippen LogP contribution in [0.25, 0.3) is 11.4 Å². The van der Waals surface area contributed by atoms with Gasteiger partial charge in [0, 0.05) is 56.1 Å². The van der Waals surface area contributed by atoms with Crippen molar-refractivity contribution in [1.29, 1.82) is 0 Å². The Balaban J connectivity index is 1.42. The molecule has 1 N–H and O–H groups in total. The summed E-state index contributed by atoms with van der Waals surface area (Å²) in [7, 11) is 1.88. The van der Waals surface area contributed by atoms with Crippen LogP contribution in [0.3, 0.4) is 0 Å². The number of carbonyl (C=O) groups is 1. The fourth-order valence-corrected chi connectivity index (χ4v) is 3.71. The van der Waals surface area contributed by atoms with E-state index in [2.05, 4.69) is 15.0 Å². The highest BCUT2D eigenvalue weighted by molar-refractivity contribution is 5.95. The number of hydrogen-bond donors (Lipinski definition) is 1. The number of aliphatic hydroxyl groups excluding tert-OH is 1. The summed E-state index contributed by atoms with van der Waals surface area (Å²) in [6.45, 7) is 1.24. The van der Waals surface area contributed by atoms with Crippen molar-refractivity contribution in [3.05, 3.63) is 66.5 Å². The molecule has 3 heterocycles. The molecule has 0 spiro atoms. The topological polar surface area (TPSA) is 84.1 Å². The van der Waals surface area contributed by atoms with Crippen LogP contribution in [0, 0.1) is 5.92 Å². The maximum atomic E-state index is 12.9. The van der Waals surface area contributed by atoms with Crippen molar-refractivity contribution in [3.63, 3.8) is 0 Å². The van der Waals surface area contributed by atoms with Gasteiger partial charge in [0.05, 0.1) is 0 Å². The quantitative estimate of drug-likeness (QED) is 0.755. The van der Waals surface area contributed by atoms with E-state index in [4.69, 9.17) is 0 Å². The molecule has 3 aromatic rings. The van der Waals surface area contributed by atoms with Crippen molar-refractivity contribution in [2.45, 2.75) is 18.9 Å². The molecule has 0 unspecified atom stereocenters. The van der Waals surface area contributed by atoms with Crippen LogP contribution >= 0.6 is 0 Å². The molecule has 1 atom stereocenters. The van der Waals surface area contributed by atoms with Crippen molar-refractivity contribution < 1.29 is 9.90 Å². The summed E-state index contributed by atoms with van der Waals surface area (Å²) in [6, 6.07) is 9.19. The summed E-state index contributed by atoms with van der Waals surface area (Å²) in [4.78, 5) is 27.6. The number of aromatic nitrogens is 4. The Morgan fingerprint density at radius 3 is 2.54 bits per heavy atom. The largest absolute Gasteiger partial charge is 0.385 e. The van der Waals surface area contributed by atoms with Gasteiger partial charge in [-0.2, -0.15) is 0 Å². The van der Waals surface area contributed by atoms with Gasteiger partial charge in [-0.05, 0) is 37.0 Å². The van der Waals surface area contributed by atoms with Crippen molar-refractivity contribution in [2.75, 3.05) is 13.1 Å². The summed E-state index contributed by atoms with van der Waals surface area (Å²) in [5, 5.41) is 10.6. The molecule has 4 rings (SSSR count). The zero-order chi connectivity index (χ0) is 19.5. The molecule has 2 aromatic heterocycles. The van der Waals surface area contributed by atoms with Crippen LogP contribution in [0.4, 0.5) is 0 Å². The number of imidazole rings is 1. The highest BCUT2D eigenvalue weighted by atomic mass is 16.3. The third-order valence-electron chi connectivity index (χ3n) is 5.33. The number of likely N-dealkylation sites (tertiary alicyclic amines) is 1. The minimum atomic E-state index is -0.601. The molecule has 1 aliphatic heterocycles. The first-order valence-electron chi connectivity index (χ1n) is 9.45. The Hall–Kier alpha value is -3.06. The van der Waals surface area contributed by atoms with E-state index in [1.165, 1.54) is 0 Å². The third kappa shape index (κ3) is 3.66. The molecule has 28 heavy (non-hydrogen) atoms. The third-order valence-corrected chi connectivity index (χ3v) is 5.33. The summed E-state index contributed by atoms with van der Waals surface area (Å²) in [6.07, 6.45) is 7.81. The Bertz CT molecular complexity index is 948. The molecule has 144 valence electrons. The van der Waals surface area contributed by atoms with E-state index >= 15 is 0 Å². The van der Waals surface area contributed by atoms with E-state index < -0.39 is 6.10 Å². The van der Waals surface area contributed by atoms with Gasteiger partial charge >= 0.3 is 0 Å². The molecule has 1 fully saturated rings. The Kier molecular flexibility index (Phi) is 5.16. The number of aryl methyl sites for hydroxylation is 1. The normalized spacial score (nSPS) is 16.1. The minimum absolute atomic E-state index is 0.00251. The number of benzene rings is 1. The maximum absolute atomic E-state index is 12.9. The monoisotopic (exact) mass is 377 g/mol. The molecule has 0 bridgehead atoms. The molecular weight excluding hydrogens is 354 g/mol. The smallest absolute Gasteiger partial charge is 0.253 e. The van der Waals surface area contributed by atoms with Crippen LogP contribution < -0.4 is 0 Å². The second kappa shape index (κ2) is 7.90. The standard InChI is InChI=1S/C21H23N5O2/c1-25-13-10-24-20(25)18(27)15-6-11-26(12-7-15)21(28)17-5-2-4-16(14-17)19-22-8-3-9-23-19/h2-5,8-10,13-15,18,27H,6-7,11-12H2,1H3/t18-/m1/s1. The van der Waals surface area contributed by atoms with Gasteiger partial charge < -0.3 is 14.6 Å². The van der Waals surface area contributed by atoms with Crippen molar-refractivity contribution in [1.82, 2.24) is 24.4 Å². The maximum Gasteiger partial charge on any atom is 0.253 e. The first kappa shape index (κ1) is 18.3. The van der Waals surface area contributed by atoms with Gasteiger partial charge in [-0.15, -0.1) is 0 Å². The Morgan fingerprint density at radius 1 is 1.11 bits per heavy atom. The van der Waals surface area contributed by atoms with Gasteiger partial charge in [-0.1, -0.05) is 12.1 Å². The lowest BCUT2D eigenvalue weighted by molar-refractivity contribution is 0.0420. The summed E-state index contributed by atoms with van der Waals surface area (Å²) in [5.41, 5.74) is 1.46. The van der Waals surface area contributed by atoms with E-state index in [0.717, 1.165) is 18.4 Å². The van der Waals surface area contributed by atoms with E-state index in [9.17, 15) is 9.90 Å². The average Bonchev–Trinajstić information content (AvgIpc) is 3.19. The van der Waals surface area contributed by atoms with Crippen molar-refractivity contribution in [3.8, 4) is 11.4 Å². The highest BCUT2D eigenvalue weighted by Crippen LogP contribution is 2.30. The fourth-order valence-electron chi connectivity index (χ4n) is 3.71. The Labute approximate surface area is 163 Å². The number of carbonyl (C=O) groups excluding carboxylic acids is 1. The average molecular weight is 377 g/mol. The molecule has 1 amide bonds. The summed E-state index contributed by atoms with van der Waals surface area (Å²) >= 11 is 0. The zero-order valence-electron chi connectivity index (χ0n) is 15.8. The number of amides is 1. The first-order valence-corrected chi connectivity index (χ1v) is 9.45. The Morgan fingerprint density at radius 2 is 1.86 bits per heavy atom. The molecule has 7 heteroatoms. The van der Waals surface area contributed by atoms with Crippen LogP contribution in [0.1, 0.15) is 35.1 Å². The lowest BCUT2D eigenvalue weighted by Gasteiger charge is -2.34. The highest BCUT2D eigenvalue weighted by Gasteiger charge is 2.30.